The number of tetrazole rings is 1. The normalized spacial score (nSPS) is 10.5. The van der Waals surface area contributed by atoms with Crippen LogP contribution in [0.5, 0.6) is 5.75 Å². The third-order valence-corrected chi connectivity index (χ3v) is 2.41. The number of benzene rings is 1. The average Bonchev–Trinajstić information content (AvgIpc) is 2.78. The van der Waals surface area contributed by atoms with Crippen LogP contribution in [0.1, 0.15) is 11.4 Å². The van der Waals surface area contributed by atoms with E-state index in [2.05, 4.69) is 20.8 Å². The van der Waals surface area contributed by atoms with E-state index in [-0.39, 0.29) is 0 Å². The fraction of sp³-hybridized carbons (Fsp3) is 0.364. The Balaban J connectivity index is 2.16. The van der Waals surface area contributed by atoms with Gasteiger partial charge in [0.15, 0.2) is 5.82 Å². The van der Waals surface area contributed by atoms with Crippen molar-refractivity contribution in [3.05, 3.63) is 35.7 Å². The summed E-state index contributed by atoms with van der Waals surface area (Å²) in [6, 6.07) is 7.87. The minimum atomic E-state index is 0.640. The van der Waals surface area contributed by atoms with E-state index in [0.717, 1.165) is 17.1 Å². The second-order valence-corrected chi connectivity index (χ2v) is 3.63. The standard InChI is InChI=1S/C11H15N5O/c1-12-7-11-13-14-15-16(11)8-9-4-3-5-10(6-9)17-2/h3-6,12H,7-8H2,1-2H3. The third-order valence-electron chi connectivity index (χ3n) is 2.41. The van der Waals surface area contributed by atoms with Crippen molar-refractivity contribution < 1.29 is 4.74 Å². The maximum absolute atomic E-state index is 5.18. The van der Waals surface area contributed by atoms with Crippen LogP contribution in [-0.4, -0.2) is 34.4 Å². The van der Waals surface area contributed by atoms with Crippen LogP contribution >= 0.6 is 0 Å². The Labute approximate surface area is 99.6 Å². The van der Waals surface area contributed by atoms with Crippen molar-refractivity contribution in [1.82, 2.24) is 25.5 Å². The molecular formula is C11H15N5O. The summed E-state index contributed by atoms with van der Waals surface area (Å²) in [5.41, 5.74) is 1.11. The Morgan fingerprint density at radius 1 is 1.41 bits per heavy atom. The van der Waals surface area contributed by atoms with Gasteiger partial charge in [-0.2, -0.15) is 0 Å². The summed E-state index contributed by atoms with van der Waals surface area (Å²) in [6.45, 7) is 1.29. The van der Waals surface area contributed by atoms with E-state index in [0.29, 0.717) is 13.1 Å². The van der Waals surface area contributed by atoms with Gasteiger partial charge >= 0.3 is 0 Å². The molecule has 1 N–H and O–H groups in total. The Morgan fingerprint density at radius 2 is 2.29 bits per heavy atom. The van der Waals surface area contributed by atoms with Crippen LogP contribution in [0.15, 0.2) is 24.3 Å². The molecule has 0 bridgehead atoms. The van der Waals surface area contributed by atoms with Gasteiger partial charge in [-0.3, -0.25) is 0 Å². The van der Waals surface area contributed by atoms with Gasteiger partial charge in [0.2, 0.25) is 0 Å². The van der Waals surface area contributed by atoms with Gasteiger partial charge in [-0.25, -0.2) is 4.68 Å². The molecule has 1 aromatic heterocycles. The van der Waals surface area contributed by atoms with Crippen LogP contribution in [0.25, 0.3) is 0 Å². The molecule has 0 aliphatic carbocycles. The third kappa shape index (κ3) is 2.79. The first-order valence-corrected chi connectivity index (χ1v) is 5.36. The van der Waals surface area contributed by atoms with Gasteiger partial charge in [0.1, 0.15) is 5.75 Å². The number of hydrogen-bond donors (Lipinski definition) is 1. The minimum Gasteiger partial charge on any atom is -0.497 e. The van der Waals surface area contributed by atoms with E-state index in [4.69, 9.17) is 4.74 Å². The molecule has 0 aliphatic rings. The van der Waals surface area contributed by atoms with E-state index in [1.165, 1.54) is 0 Å². The highest BCUT2D eigenvalue weighted by atomic mass is 16.5. The van der Waals surface area contributed by atoms with Gasteiger partial charge in [-0.15, -0.1) is 5.10 Å². The summed E-state index contributed by atoms with van der Waals surface area (Å²) in [4.78, 5) is 0. The first kappa shape index (κ1) is 11.5. The molecule has 0 amide bonds. The molecule has 90 valence electrons. The van der Waals surface area contributed by atoms with Crippen molar-refractivity contribution in [2.45, 2.75) is 13.1 Å². The largest absolute Gasteiger partial charge is 0.497 e. The molecule has 0 radical (unpaired) electrons. The Hall–Kier alpha value is -1.95. The second-order valence-electron chi connectivity index (χ2n) is 3.63. The van der Waals surface area contributed by atoms with Crippen LogP contribution < -0.4 is 10.1 Å². The summed E-state index contributed by atoms with van der Waals surface area (Å²) in [7, 11) is 3.52. The van der Waals surface area contributed by atoms with E-state index in [9.17, 15) is 0 Å². The molecule has 6 nitrogen and oxygen atoms in total. The molecule has 1 heterocycles. The van der Waals surface area contributed by atoms with Crippen LogP contribution in [0.3, 0.4) is 0 Å². The number of methoxy groups -OCH3 is 1. The maximum atomic E-state index is 5.18. The van der Waals surface area contributed by atoms with Crippen LogP contribution in [0, 0.1) is 0 Å². The van der Waals surface area contributed by atoms with Gasteiger partial charge in [0.05, 0.1) is 20.2 Å². The summed E-state index contributed by atoms with van der Waals surface area (Å²) in [6.07, 6.45) is 0. The van der Waals surface area contributed by atoms with E-state index < -0.39 is 0 Å². The molecule has 0 aliphatic heterocycles. The molecule has 17 heavy (non-hydrogen) atoms. The number of nitrogens with one attached hydrogen (secondary N) is 1. The SMILES string of the molecule is CNCc1nnnn1Cc1cccc(OC)c1. The number of aromatic nitrogens is 4. The fourth-order valence-electron chi connectivity index (χ4n) is 1.57. The number of ether oxygens (including phenoxy) is 1. The summed E-state index contributed by atoms with van der Waals surface area (Å²) >= 11 is 0. The van der Waals surface area contributed by atoms with E-state index in [1.54, 1.807) is 11.8 Å². The zero-order valence-corrected chi connectivity index (χ0v) is 9.92. The Bertz CT molecular complexity index is 482. The van der Waals surface area contributed by atoms with Crippen molar-refractivity contribution in [3.63, 3.8) is 0 Å². The number of nitrogens with zero attached hydrogens (tertiary/aromatic N) is 4. The Kier molecular flexibility index (Phi) is 3.66. The zero-order valence-electron chi connectivity index (χ0n) is 9.92. The molecule has 2 rings (SSSR count). The van der Waals surface area contributed by atoms with E-state index in [1.807, 2.05) is 31.3 Å². The molecule has 6 heteroatoms. The topological polar surface area (TPSA) is 64.9 Å². The van der Waals surface area contributed by atoms with Crippen LogP contribution in [-0.2, 0) is 13.1 Å². The summed E-state index contributed by atoms with van der Waals surface area (Å²) in [5, 5.41) is 14.6. The zero-order chi connectivity index (χ0) is 12.1. The molecule has 0 fully saturated rings. The lowest BCUT2D eigenvalue weighted by Gasteiger charge is -2.06. The molecule has 2 aromatic rings. The van der Waals surface area contributed by atoms with Crippen molar-refractivity contribution >= 4 is 0 Å². The van der Waals surface area contributed by atoms with Gasteiger partial charge in [0, 0.05) is 0 Å². The molecule has 1 aromatic carbocycles. The lowest BCUT2D eigenvalue weighted by Crippen LogP contribution is -2.14. The summed E-state index contributed by atoms with van der Waals surface area (Å²) in [5.74, 6) is 1.65. The number of hydrogen-bond acceptors (Lipinski definition) is 5. The fourth-order valence-corrected chi connectivity index (χ4v) is 1.57. The second kappa shape index (κ2) is 5.40. The number of rotatable bonds is 5. The summed E-state index contributed by atoms with van der Waals surface area (Å²) < 4.78 is 6.95. The quantitative estimate of drug-likeness (QED) is 0.812. The Morgan fingerprint density at radius 3 is 3.06 bits per heavy atom. The molecule has 0 unspecified atom stereocenters. The molecule has 0 spiro atoms. The van der Waals surface area contributed by atoms with Crippen molar-refractivity contribution in [1.29, 1.82) is 0 Å². The van der Waals surface area contributed by atoms with Crippen molar-refractivity contribution in [3.8, 4) is 5.75 Å². The maximum Gasteiger partial charge on any atom is 0.165 e. The van der Waals surface area contributed by atoms with Crippen LogP contribution in [0.2, 0.25) is 0 Å². The van der Waals surface area contributed by atoms with E-state index >= 15 is 0 Å². The van der Waals surface area contributed by atoms with Gasteiger partial charge in [-0.1, -0.05) is 12.1 Å². The first-order chi connectivity index (χ1) is 8.33. The highest BCUT2D eigenvalue weighted by molar-refractivity contribution is 5.28. The molecule has 0 saturated carbocycles. The van der Waals surface area contributed by atoms with Gasteiger partial charge in [-0.05, 0) is 35.2 Å². The highest BCUT2D eigenvalue weighted by Gasteiger charge is 2.05. The molecule has 0 saturated heterocycles. The minimum absolute atomic E-state index is 0.640. The predicted octanol–water partition coefficient (Wildman–Crippen LogP) is 0.449. The first-order valence-electron chi connectivity index (χ1n) is 5.36. The lowest BCUT2D eigenvalue weighted by atomic mass is 10.2. The molecule has 0 atom stereocenters. The average molecular weight is 233 g/mol. The molecular weight excluding hydrogens is 218 g/mol. The predicted molar refractivity (Wildman–Crippen MR) is 62.7 cm³/mol. The van der Waals surface area contributed by atoms with Crippen molar-refractivity contribution in [2.75, 3.05) is 14.2 Å². The van der Waals surface area contributed by atoms with Gasteiger partial charge in [0.25, 0.3) is 0 Å². The highest BCUT2D eigenvalue weighted by Crippen LogP contribution is 2.13. The lowest BCUT2D eigenvalue weighted by molar-refractivity contribution is 0.414. The van der Waals surface area contributed by atoms with Crippen molar-refractivity contribution in [2.24, 2.45) is 0 Å². The van der Waals surface area contributed by atoms with Crippen LogP contribution in [0.4, 0.5) is 0 Å². The smallest absolute Gasteiger partial charge is 0.165 e. The monoisotopic (exact) mass is 233 g/mol. The van der Waals surface area contributed by atoms with Gasteiger partial charge < -0.3 is 10.1 Å².